The summed E-state index contributed by atoms with van der Waals surface area (Å²) in [6.07, 6.45) is -1.31. The Morgan fingerprint density at radius 1 is 1.00 bits per heavy atom. The maximum atomic E-state index is 13.2. The van der Waals surface area contributed by atoms with Gasteiger partial charge in [-0.2, -0.15) is 0 Å². The van der Waals surface area contributed by atoms with Crippen LogP contribution >= 0.6 is 0 Å². The number of alkyl halides is 2. The molecule has 1 aliphatic rings. The lowest BCUT2D eigenvalue weighted by Crippen LogP contribution is -2.45. The smallest absolute Gasteiger partial charge is 0.408 e. The number of carboxylic acid groups (broad SMARTS) is 1. The minimum absolute atomic E-state index is 0.0579. The lowest BCUT2D eigenvalue weighted by Gasteiger charge is -2.32. The molecule has 1 saturated heterocycles. The standard InChI is InChI=1S/C25H28F3N3O5/c26-19-5-1-17(2-6-19)15-22(32)29-20-7-3-18(4-8-20)16-36-24(35)30-21(23(33)34)9-12-31-13-10-25(27,28)11-14-31/h1-8,21H,9-16H2,(H,29,32)(H,30,35)(H,33,34). The molecule has 194 valence electrons. The molecule has 3 rings (SSSR count). The van der Waals surface area contributed by atoms with Crippen LogP contribution in [0.1, 0.15) is 30.4 Å². The number of anilines is 1. The van der Waals surface area contributed by atoms with Crippen LogP contribution in [0.5, 0.6) is 0 Å². The summed E-state index contributed by atoms with van der Waals surface area (Å²) in [7, 11) is 0. The number of benzene rings is 2. The van der Waals surface area contributed by atoms with E-state index >= 15 is 0 Å². The summed E-state index contributed by atoms with van der Waals surface area (Å²) in [6.45, 7) is 0.490. The number of rotatable bonds is 10. The summed E-state index contributed by atoms with van der Waals surface area (Å²) in [5.41, 5.74) is 1.81. The molecule has 0 saturated carbocycles. The van der Waals surface area contributed by atoms with E-state index in [1.54, 1.807) is 29.2 Å². The molecule has 1 fully saturated rings. The number of alkyl carbamates (subject to hydrolysis) is 1. The molecule has 8 nitrogen and oxygen atoms in total. The Kier molecular flexibility index (Phi) is 9.29. The van der Waals surface area contributed by atoms with Crippen molar-refractivity contribution in [2.75, 3.05) is 25.0 Å². The topological polar surface area (TPSA) is 108 Å². The van der Waals surface area contributed by atoms with Gasteiger partial charge in [0.15, 0.2) is 0 Å². The predicted molar refractivity (Wildman–Crippen MR) is 125 cm³/mol. The Hall–Kier alpha value is -3.60. The van der Waals surface area contributed by atoms with E-state index in [9.17, 15) is 32.7 Å². The van der Waals surface area contributed by atoms with E-state index in [1.165, 1.54) is 24.3 Å². The van der Waals surface area contributed by atoms with Crippen LogP contribution in [0.3, 0.4) is 0 Å². The predicted octanol–water partition coefficient (Wildman–Crippen LogP) is 3.81. The van der Waals surface area contributed by atoms with Crippen LogP contribution in [0.15, 0.2) is 48.5 Å². The summed E-state index contributed by atoms with van der Waals surface area (Å²) in [5, 5.41) is 14.4. The van der Waals surface area contributed by atoms with Crippen molar-refractivity contribution in [3.8, 4) is 0 Å². The molecule has 2 amide bonds. The summed E-state index contributed by atoms with van der Waals surface area (Å²) >= 11 is 0. The Labute approximate surface area is 206 Å². The van der Waals surface area contributed by atoms with Crippen molar-refractivity contribution in [1.29, 1.82) is 0 Å². The molecule has 36 heavy (non-hydrogen) atoms. The molecule has 1 heterocycles. The molecule has 0 bridgehead atoms. The molecule has 2 aromatic rings. The number of nitrogens with zero attached hydrogens (tertiary/aromatic N) is 1. The van der Waals surface area contributed by atoms with Crippen LogP contribution in [0, 0.1) is 5.82 Å². The maximum absolute atomic E-state index is 13.2. The fourth-order valence-corrected chi connectivity index (χ4v) is 3.68. The molecule has 11 heteroatoms. The molecular formula is C25H28F3N3O5. The summed E-state index contributed by atoms with van der Waals surface area (Å²) < 4.78 is 44.5. The van der Waals surface area contributed by atoms with Gasteiger partial charge in [0, 0.05) is 38.2 Å². The van der Waals surface area contributed by atoms with Crippen LogP contribution in [-0.2, 0) is 27.4 Å². The zero-order valence-corrected chi connectivity index (χ0v) is 19.5. The number of hydrogen-bond donors (Lipinski definition) is 3. The third kappa shape index (κ3) is 8.88. The van der Waals surface area contributed by atoms with Gasteiger partial charge >= 0.3 is 12.1 Å². The number of hydrogen-bond acceptors (Lipinski definition) is 5. The van der Waals surface area contributed by atoms with E-state index in [1.807, 2.05) is 0 Å². The number of piperidine rings is 1. The van der Waals surface area contributed by atoms with Crippen molar-refractivity contribution in [3.05, 3.63) is 65.5 Å². The summed E-state index contributed by atoms with van der Waals surface area (Å²) in [6, 6.07) is 11.0. The van der Waals surface area contributed by atoms with Gasteiger partial charge in [0.05, 0.1) is 6.42 Å². The highest BCUT2D eigenvalue weighted by Gasteiger charge is 2.34. The molecule has 1 aliphatic heterocycles. The number of carbonyl (C=O) groups is 3. The number of carboxylic acids is 1. The van der Waals surface area contributed by atoms with Crippen LogP contribution in [0.4, 0.5) is 23.7 Å². The molecule has 0 aromatic heterocycles. The van der Waals surface area contributed by atoms with Crippen molar-refractivity contribution in [2.45, 2.75) is 44.3 Å². The average molecular weight is 508 g/mol. The van der Waals surface area contributed by atoms with Gasteiger partial charge in [0.2, 0.25) is 5.91 Å². The highest BCUT2D eigenvalue weighted by Crippen LogP contribution is 2.27. The van der Waals surface area contributed by atoms with Crippen molar-refractivity contribution in [2.24, 2.45) is 0 Å². The first-order valence-electron chi connectivity index (χ1n) is 11.5. The molecular weight excluding hydrogens is 479 g/mol. The van der Waals surface area contributed by atoms with Crippen molar-refractivity contribution in [3.63, 3.8) is 0 Å². The average Bonchev–Trinajstić information content (AvgIpc) is 2.83. The highest BCUT2D eigenvalue weighted by atomic mass is 19.3. The number of likely N-dealkylation sites (tertiary alicyclic amines) is 1. The minimum atomic E-state index is -2.68. The third-order valence-electron chi connectivity index (χ3n) is 5.80. The summed E-state index contributed by atoms with van der Waals surface area (Å²) in [5.74, 6) is -4.58. The quantitative estimate of drug-likeness (QED) is 0.452. The number of halogens is 3. The van der Waals surface area contributed by atoms with Gasteiger partial charge in [0.25, 0.3) is 5.92 Å². The lowest BCUT2D eigenvalue weighted by atomic mass is 10.1. The Morgan fingerprint density at radius 3 is 2.22 bits per heavy atom. The molecule has 0 radical (unpaired) electrons. The van der Waals surface area contributed by atoms with Gasteiger partial charge in [-0.15, -0.1) is 0 Å². The zero-order valence-electron chi connectivity index (χ0n) is 19.5. The molecule has 1 unspecified atom stereocenters. The normalized spacial score (nSPS) is 16.1. The van der Waals surface area contributed by atoms with Crippen LogP contribution in [-0.4, -0.2) is 59.6 Å². The van der Waals surface area contributed by atoms with Crippen LogP contribution in [0.25, 0.3) is 0 Å². The Balaban J connectivity index is 1.40. The first-order valence-corrected chi connectivity index (χ1v) is 11.5. The maximum Gasteiger partial charge on any atom is 0.408 e. The van der Waals surface area contributed by atoms with E-state index < -0.39 is 24.0 Å². The van der Waals surface area contributed by atoms with Crippen LogP contribution in [0.2, 0.25) is 0 Å². The number of nitrogens with one attached hydrogen (secondary N) is 2. The molecule has 0 spiro atoms. The molecule has 0 aliphatic carbocycles. The molecule has 1 atom stereocenters. The van der Waals surface area contributed by atoms with E-state index in [2.05, 4.69) is 10.6 Å². The fraction of sp³-hybridized carbons (Fsp3) is 0.400. The zero-order chi connectivity index (χ0) is 26.1. The van der Waals surface area contributed by atoms with Gasteiger partial charge < -0.3 is 25.4 Å². The van der Waals surface area contributed by atoms with Crippen molar-refractivity contribution < 1.29 is 37.4 Å². The highest BCUT2D eigenvalue weighted by molar-refractivity contribution is 5.92. The monoisotopic (exact) mass is 507 g/mol. The van der Waals surface area contributed by atoms with E-state index in [0.29, 0.717) is 16.8 Å². The second kappa shape index (κ2) is 12.4. The van der Waals surface area contributed by atoms with E-state index in [0.717, 1.165) is 0 Å². The second-order valence-corrected chi connectivity index (χ2v) is 8.65. The first-order chi connectivity index (χ1) is 17.1. The Morgan fingerprint density at radius 2 is 1.61 bits per heavy atom. The number of amides is 2. The summed E-state index contributed by atoms with van der Waals surface area (Å²) in [4.78, 5) is 37.5. The Bertz CT molecular complexity index is 1040. The van der Waals surface area contributed by atoms with E-state index in [-0.39, 0.29) is 63.6 Å². The fourth-order valence-electron chi connectivity index (χ4n) is 3.68. The van der Waals surface area contributed by atoms with Gasteiger partial charge in [-0.3, -0.25) is 4.79 Å². The minimum Gasteiger partial charge on any atom is -0.480 e. The van der Waals surface area contributed by atoms with Crippen molar-refractivity contribution >= 4 is 23.7 Å². The largest absolute Gasteiger partial charge is 0.480 e. The number of ether oxygens (including phenoxy) is 1. The van der Waals surface area contributed by atoms with Crippen LogP contribution < -0.4 is 10.6 Å². The van der Waals surface area contributed by atoms with Crippen molar-refractivity contribution in [1.82, 2.24) is 10.2 Å². The van der Waals surface area contributed by atoms with E-state index in [4.69, 9.17) is 4.74 Å². The molecule has 3 N–H and O–H groups in total. The molecule has 2 aromatic carbocycles. The van der Waals surface area contributed by atoms with Gasteiger partial charge in [-0.1, -0.05) is 24.3 Å². The first kappa shape index (κ1) is 27.0. The second-order valence-electron chi connectivity index (χ2n) is 8.65. The lowest BCUT2D eigenvalue weighted by molar-refractivity contribution is -0.139. The third-order valence-corrected chi connectivity index (χ3v) is 5.80. The number of carbonyl (C=O) groups excluding carboxylic acids is 2. The van der Waals surface area contributed by atoms with Gasteiger partial charge in [-0.05, 0) is 41.8 Å². The van der Waals surface area contributed by atoms with Gasteiger partial charge in [-0.25, -0.2) is 22.8 Å². The number of aliphatic carboxylic acids is 1. The SMILES string of the molecule is O=C(Cc1ccc(F)cc1)Nc1ccc(COC(=O)NC(CCN2CCC(F)(F)CC2)C(=O)O)cc1. The van der Waals surface area contributed by atoms with Gasteiger partial charge in [0.1, 0.15) is 18.5 Å².